The highest BCUT2D eigenvalue weighted by atomic mass is 32.1. The Morgan fingerprint density at radius 1 is 1.00 bits per heavy atom. The first-order chi connectivity index (χ1) is 14.9. The number of benzene rings is 2. The van der Waals surface area contributed by atoms with E-state index in [-0.39, 0.29) is 18.3 Å². The molecule has 0 aliphatic rings. The van der Waals surface area contributed by atoms with Crippen LogP contribution >= 0.6 is 11.3 Å². The van der Waals surface area contributed by atoms with Crippen LogP contribution in [0.4, 0.5) is 5.69 Å². The van der Waals surface area contributed by atoms with E-state index in [1.807, 2.05) is 57.2 Å². The molecule has 0 fully saturated rings. The molecule has 6 heteroatoms. The molecule has 0 bridgehead atoms. The minimum atomic E-state index is -0.262. The van der Waals surface area contributed by atoms with E-state index in [9.17, 15) is 9.59 Å². The van der Waals surface area contributed by atoms with E-state index in [4.69, 9.17) is 9.47 Å². The molecule has 0 saturated heterocycles. The lowest BCUT2D eigenvalue weighted by Gasteiger charge is -2.11. The zero-order valence-corrected chi connectivity index (χ0v) is 18.8. The SMILES string of the molecule is COc1cc(/C=C/C(=O)c2cc(C)sc2C)ccc1OCC(=O)Nc1ccc(C)cc1. The van der Waals surface area contributed by atoms with Gasteiger partial charge in [0.05, 0.1) is 7.11 Å². The van der Waals surface area contributed by atoms with Gasteiger partial charge in [0.15, 0.2) is 23.9 Å². The third-order valence-electron chi connectivity index (χ3n) is 4.62. The molecular formula is C25H25NO4S. The maximum atomic E-state index is 12.4. The fourth-order valence-electron chi connectivity index (χ4n) is 3.02. The highest BCUT2D eigenvalue weighted by Gasteiger charge is 2.11. The quantitative estimate of drug-likeness (QED) is 0.370. The van der Waals surface area contributed by atoms with Gasteiger partial charge in [-0.05, 0) is 62.7 Å². The summed E-state index contributed by atoms with van der Waals surface area (Å²) in [5.41, 5.74) is 3.36. The number of ketones is 1. The minimum absolute atomic E-state index is 0.0334. The number of rotatable bonds is 8. The van der Waals surface area contributed by atoms with Crippen molar-refractivity contribution in [3.8, 4) is 11.5 Å². The van der Waals surface area contributed by atoms with Crippen LogP contribution in [0.25, 0.3) is 6.08 Å². The van der Waals surface area contributed by atoms with Crippen molar-refractivity contribution in [3.63, 3.8) is 0 Å². The molecule has 2 aromatic carbocycles. The molecule has 3 rings (SSSR count). The van der Waals surface area contributed by atoms with Crippen molar-refractivity contribution in [2.75, 3.05) is 19.0 Å². The number of aryl methyl sites for hydroxylation is 3. The highest BCUT2D eigenvalue weighted by molar-refractivity contribution is 7.12. The number of hydrogen-bond acceptors (Lipinski definition) is 5. The summed E-state index contributed by atoms with van der Waals surface area (Å²) < 4.78 is 11.0. The Bertz CT molecular complexity index is 1110. The Labute approximate surface area is 186 Å². The van der Waals surface area contributed by atoms with E-state index in [1.165, 1.54) is 7.11 Å². The van der Waals surface area contributed by atoms with Crippen molar-refractivity contribution < 1.29 is 19.1 Å². The van der Waals surface area contributed by atoms with Gasteiger partial charge in [0.1, 0.15) is 0 Å². The molecule has 0 saturated carbocycles. The van der Waals surface area contributed by atoms with Gasteiger partial charge in [0.2, 0.25) is 0 Å². The average molecular weight is 436 g/mol. The van der Waals surface area contributed by atoms with Crippen LogP contribution in [0.2, 0.25) is 0 Å². The summed E-state index contributed by atoms with van der Waals surface area (Å²) in [7, 11) is 1.53. The Balaban J connectivity index is 1.62. The van der Waals surface area contributed by atoms with Crippen molar-refractivity contribution in [2.45, 2.75) is 20.8 Å². The van der Waals surface area contributed by atoms with Gasteiger partial charge in [-0.25, -0.2) is 0 Å². The van der Waals surface area contributed by atoms with Crippen LogP contribution in [-0.2, 0) is 4.79 Å². The van der Waals surface area contributed by atoms with Gasteiger partial charge < -0.3 is 14.8 Å². The molecule has 0 aliphatic heterocycles. The van der Waals surface area contributed by atoms with Gasteiger partial charge >= 0.3 is 0 Å². The van der Waals surface area contributed by atoms with Crippen molar-refractivity contribution in [1.82, 2.24) is 0 Å². The lowest BCUT2D eigenvalue weighted by atomic mass is 10.1. The molecule has 1 N–H and O–H groups in total. The van der Waals surface area contributed by atoms with E-state index in [0.717, 1.165) is 26.4 Å². The molecule has 3 aromatic rings. The molecule has 1 amide bonds. The molecule has 0 atom stereocenters. The van der Waals surface area contributed by atoms with E-state index in [1.54, 1.807) is 35.6 Å². The highest BCUT2D eigenvalue weighted by Crippen LogP contribution is 2.29. The number of nitrogens with one attached hydrogen (secondary N) is 1. The predicted molar refractivity (Wildman–Crippen MR) is 125 cm³/mol. The Morgan fingerprint density at radius 2 is 1.74 bits per heavy atom. The molecule has 160 valence electrons. The van der Waals surface area contributed by atoms with Gasteiger partial charge in [-0.15, -0.1) is 11.3 Å². The maximum absolute atomic E-state index is 12.4. The summed E-state index contributed by atoms with van der Waals surface area (Å²) >= 11 is 1.61. The first-order valence-corrected chi connectivity index (χ1v) is 10.6. The molecule has 0 unspecified atom stereocenters. The summed E-state index contributed by atoms with van der Waals surface area (Å²) in [6, 6.07) is 14.8. The third-order valence-corrected chi connectivity index (χ3v) is 5.58. The van der Waals surface area contributed by atoms with Gasteiger partial charge in [0, 0.05) is 21.0 Å². The molecular weight excluding hydrogens is 410 g/mol. The maximum Gasteiger partial charge on any atom is 0.262 e. The third kappa shape index (κ3) is 6.06. The standard InChI is InChI=1S/C25H25NO4S/c1-16-5-9-20(10-6-16)26-25(28)15-30-23-12-8-19(14-24(23)29-4)7-11-22(27)21-13-17(2)31-18(21)3/h5-14H,15H2,1-4H3,(H,26,28)/b11-7+. The Morgan fingerprint density at radius 3 is 2.39 bits per heavy atom. The lowest BCUT2D eigenvalue weighted by molar-refractivity contribution is -0.118. The minimum Gasteiger partial charge on any atom is -0.493 e. The summed E-state index contributed by atoms with van der Waals surface area (Å²) in [5.74, 6) is 0.644. The molecule has 0 spiro atoms. The summed E-state index contributed by atoms with van der Waals surface area (Å²) in [6.45, 7) is 5.78. The van der Waals surface area contributed by atoms with Crippen LogP contribution in [0.5, 0.6) is 11.5 Å². The largest absolute Gasteiger partial charge is 0.493 e. The molecule has 5 nitrogen and oxygen atoms in total. The second-order valence-electron chi connectivity index (χ2n) is 7.14. The van der Waals surface area contributed by atoms with Crippen LogP contribution in [0.1, 0.15) is 31.2 Å². The van der Waals surface area contributed by atoms with Gasteiger partial charge in [0.25, 0.3) is 5.91 Å². The number of thiophene rings is 1. The summed E-state index contributed by atoms with van der Waals surface area (Å²) in [6.07, 6.45) is 3.30. The van der Waals surface area contributed by atoms with Gasteiger partial charge in [-0.1, -0.05) is 29.8 Å². The Hall–Kier alpha value is -3.38. The second-order valence-corrected chi connectivity index (χ2v) is 8.60. The Kier molecular flexibility index (Phi) is 7.26. The number of hydrogen-bond donors (Lipinski definition) is 1. The van der Waals surface area contributed by atoms with Crippen molar-refractivity contribution in [2.24, 2.45) is 0 Å². The normalized spacial score (nSPS) is 10.8. The fraction of sp³-hybridized carbons (Fsp3) is 0.200. The van der Waals surface area contributed by atoms with E-state index in [0.29, 0.717) is 17.2 Å². The van der Waals surface area contributed by atoms with Crippen molar-refractivity contribution >= 4 is 34.8 Å². The van der Waals surface area contributed by atoms with Crippen LogP contribution in [0.15, 0.2) is 54.6 Å². The van der Waals surface area contributed by atoms with Crippen LogP contribution in [0, 0.1) is 20.8 Å². The summed E-state index contributed by atoms with van der Waals surface area (Å²) in [5, 5.41) is 2.79. The van der Waals surface area contributed by atoms with Crippen LogP contribution in [-0.4, -0.2) is 25.4 Å². The molecule has 0 radical (unpaired) electrons. The predicted octanol–water partition coefficient (Wildman–Crippen LogP) is 5.60. The molecule has 31 heavy (non-hydrogen) atoms. The van der Waals surface area contributed by atoms with Gasteiger partial charge in [-0.2, -0.15) is 0 Å². The number of allylic oxidation sites excluding steroid dienone is 1. The molecule has 1 heterocycles. The number of amides is 1. The number of ether oxygens (including phenoxy) is 2. The monoisotopic (exact) mass is 435 g/mol. The van der Waals surface area contributed by atoms with Crippen molar-refractivity contribution in [3.05, 3.63) is 81.1 Å². The van der Waals surface area contributed by atoms with Crippen molar-refractivity contribution in [1.29, 1.82) is 0 Å². The topological polar surface area (TPSA) is 64.6 Å². The first-order valence-electron chi connectivity index (χ1n) is 9.82. The van der Waals surface area contributed by atoms with E-state index >= 15 is 0 Å². The average Bonchev–Trinajstić information content (AvgIpc) is 3.10. The molecule has 1 aromatic heterocycles. The van der Waals surface area contributed by atoms with E-state index < -0.39 is 0 Å². The smallest absolute Gasteiger partial charge is 0.262 e. The lowest BCUT2D eigenvalue weighted by Crippen LogP contribution is -2.20. The van der Waals surface area contributed by atoms with E-state index in [2.05, 4.69) is 5.32 Å². The number of anilines is 1. The second kappa shape index (κ2) is 10.1. The zero-order chi connectivity index (χ0) is 22.4. The van der Waals surface area contributed by atoms with Gasteiger partial charge in [-0.3, -0.25) is 9.59 Å². The first kappa shape index (κ1) is 22.3. The zero-order valence-electron chi connectivity index (χ0n) is 18.0. The summed E-state index contributed by atoms with van der Waals surface area (Å²) in [4.78, 5) is 26.7. The number of carbonyl (C=O) groups excluding carboxylic acids is 2. The van der Waals surface area contributed by atoms with Crippen LogP contribution < -0.4 is 14.8 Å². The molecule has 0 aliphatic carbocycles. The van der Waals surface area contributed by atoms with Crippen LogP contribution in [0.3, 0.4) is 0 Å². The fourth-order valence-corrected chi connectivity index (χ4v) is 3.95. The number of methoxy groups -OCH3 is 1. The number of carbonyl (C=O) groups is 2.